The molecule has 2 unspecified atom stereocenters. The fourth-order valence-corrected chi connectivity index (χ4v) is 2.99. The average molecular weight is 230 g/mol. The molecule has 1 amide bonds. The minimum absolute atomic E-state index is 0.212. The second kappa shape index (κ2) is 4.06. The van der Waals surface area contributed by atoms with Crippen LogP contribution in [0, 0.1) is 5.92 Å². The second-order valence-electron chi connectivity index (χ2n) is 5.28. The van der Waals surface area contributed by atoms with Gasteiger partial charge < -0.3 is 11.1 Å². The van der Waals surface area contributed by atoms with Crippen molar-refractivity contribution >= 4 is 11.6 Å². The molecule has 1 aromatic rings. The van der Waals surface area contributed by atoms with E-state index in [4.69, 9.17) is 5.73 Å². The summed E-state index contributed by atoms with van der Waals surface area (Å²) in [5.41, 5.74) is 7.92. The number of anilines is 1. The third-order valence-corrected chi connectivity index (χ3v) is 3.90. The number of primary amides is 1. The summed E-state index contributed by atoms with van der Waals surface area (Å²) in [5, 5.41) is 3.44. The van der Waals surface area contributed by atoms with Gasteiger partial charge in [0, 0.05) is 18.2 Å². The van der Waals surface area contributed by atoms with E-state index in [1.807, 2.05) is 6.07 Å². The maximum absolute atomic E-state index is 11.1. The van der Waals surface area contributed by atoms with Gasteiger partial charge in [-0.05, 0) is 42.7 Å². The molecule has 3 rings (SSSR count). The van der Waals surface area contributed by atoms with Crippen LogP contribution in [0.15, 0.2) is 24.3 Å². The Morgan fingerprint density at radius 2 is 2.12 bits per heavy atom. The summed E-state index contributed by atoms with van der Waals surface area (Å²) in [7, 11) is 0. The van der Waals surface area contributed by atoms with Gasteiger partial charge in [0.2, 0.25) is 5.91 Å². The van der Waals surface area contributed by atoms with Gasteiger partial charge in [0.15, 0.2) is 0 Å². The molecule has 2 atom stereocenters. The van der Waals surface area contributed by atoms with Gasteiger partial charge >= 0.3 is 0 Å². The molecule has 0 bridgehead atoms. The van der Waals surface area contributed by atoms with Crippen LogP contribution >= 0.6 is 0 Å². The minimum Gasteiger partial charge on any atom is -0.382 e. The number of nitrogens with two attached hydrogens (primary N) is 1. The molecule has 3 heteroatoms. The van der Waals surface area contributed by atoms with Crippen molar-refractivity contribution in [1.29, 1.82) is 0 Å². The topological polar surface area (TPSA) is 55.1 Å². The van der Waals surface area contributed by atoms with Gasteiger partial charge in [-0.2, -0.15) is 0 Å². The van der Waals surface area contributed by atoms with Crippen LogP contribution in [0.1, 0.15) is 37.2 Å². The van der Waals surface area contributed by atoms with E-state index in [-0.39, 0.29) is 11.9 Å². The first-order chi connectivity index (χ1) is 8.24. The molecule has 1 fully saturated rings. The van der Waals surface area contributed by atoms with Crippen LogP contribution in [0.25, 0.3) is 0 Å². The van der Waals surface area contributed by atoms with Gasteiger partial charge in [-0.1, -0.05) is 18.2 Å². The summed E-state index contributed by atoms with van der Waals surface area (Å²) in [6.45, 7) is 0. The molecule has 1 aromatic carbocycles. The Balaban J connectivity index is 1.86. The third kappa shape index (κ3) is 2.14. The molecule has 1 aliphatic carbocycles. The Morgan fingerprint density at radius 1 is 1.35 bits per heavy atom. The van der Waals surface area contributed by atoms with E-state index in [0.717, 1.165) is 12.3 Å². The van der Waals surface area contributed by atoms with Crippen molar-refractivity contribution < 1.29 is 4.79 Å². The number of hydrogen-bond donors (Lipinski definition) is 2. The molecule has 0 radical (unpaired) electrons. The van der Waals surface area contributed by atoms with Crippen LogP contribution in [-0.4, -0.2) is 11.9 Å². The lowest BCUT2D eigenvalue weighted by Gasteiger charge is -2.33. The second-order valence-corrected chi connectivity index (χ2v) is 5.28. The molecule has 3 N–H and O–H groups in total. The summed E-state index contributed by atoms with van der Waals surface area (Å²) < 4.78 is 0. The molecule has 3 nitrogen and oxygen atoms in total. The van der Waals surface area contributed by atoms with Crippen LogP contribution < -0.4 is 11.1 Å². The Labute approximate surface area is 101 Å². The van der Waals surface area contributed by atoms with Crippen molar-refractivity contribution in [3.8, 4) is 0 Å². The van der Waals surface area contributed by atoms with Gasteiger partial charge in [0.1, 0.15) is 0 Å². The minimum atomic E-state index is -0.212. The van der Waals surface area contributed by atoms with E-state index in [2.05, 4.69) is 23.5 Å². The fraction of sp³-hybridized carbons (Fsp3) is 0.500. The smallest absolute Gasteiger partial charge is 0.219 e. The number of para-hydroxylation sites is 1. The third-order valence-electron chi connectivity index (χ3n) is 3.90. The van der Waals surface area contributed by atoms with Crippen LogP contribution in [0.4, 0.5) is 5.69 Å². The summed E-state index contributed by atoms with van der Waals surface area (Å²) >= 11 is 0. The average Bonchev–Trinajstić information content (AvgIpc) is 3.11. The lowest BCUT2D eigenvalue weighted by molar-refractivity contribution is -0.118. The molecule has 1 saturated carbocycles. The number of amides is 1. The quantitative estimate of drug-likeness (QED) is 0.836. The number of rotatable bonds is 3. The summed E-state index contributed by atoms with van der Waals surface area (Å²) in [5.74, 6) is 1.24. The number of carbonyl (C=O) groups excluding carboxylic acids is 1. The summed E-state index contributed by atoms with van der Waals surface area (Å²) in [4.78, 5) is 11.1. The highest BCUT2D eigenvalue weighted by atomic mass is 16.1. The first-order valence-corrected chi connectivity index (χ1v) is 6.38. The van der Waals surface area contributed by atoms with Crippen LogP contribution in [0.2, 0.25) is 0 Å². The zero-order valence-electron chi connectivity index (χ0n) is 9.86. The van der Waals surface area contributed by atoms with Crippen molar-refractivity contribution in [1.82, 2.24) is 0 Å². The number of benzene rings is 1. The van der Waals surface area contributed by atoms with Crippen LogP contribution in [-0.2, 0) is 4.79 Å². The normalized spacial score (nSPS) is 27.1. The number of nitrogens with one attached hydrogen (secondary N) is 1. The molecule has 2 aliphatic rings. The molecular weight excluding hydrogens is 212 g/mol. The first kappa shape index (κ1) is 10.6. The van der Waals surface area contributed by atoms with Crippen molar-refractivity contribution in [2.24, 2.45) is 11.7 Å². The van der Waals surface area contributed by atoms with E-state index in [9.17, 15) is 4.79 Å². The predicted molar refractivity (Wildman–Crippen MR) is 67.7 cm³/mol. The maximum Gasteiger partial charge on any atom is 0.219 e. The molecule has 0 aromatic heterocycles. The van der Waals surface area contributed by atoms with Gasteiger partial charge in [0.05, 0.1) is 0 Å². The standard InChI is InChI=1S/C14H18N2O/c15-14(17)8-10-7-12(9-5-6-9)11-3-1-2-4-13(11)16-10/h1-4,9-10,12,16H,5-8H2,(H2,15,17). The lowest BCUT2D eigenvalue weighted by atomic mass is 9.82. The summed E-state index contributed by atoms with van der Waals surface area (Å²) in [6, 6.07) is 8.68. The van der Waals surface area contributed by atoms with Gasteiger partial charge in [-0.25, -0.2) is 0 Å². The monoisotopic (exact) mass is 230 g/mol. The maximum atomic E-state index is 11.1. The zero-order chi connectivity index (χ0) is 11.8. The SMILES string of the molecule is NC(=O)CC1CC(C2CC2)c2ccccc2N1. The van der Waals surface area contributed by atoms with Gasteiger partial charge in [-0.15, -0.1) is 0 Å². The molecular formula is C14H18N2O. The number of carbonyl (C=O) groups is 1. The Hall–Kier alpha value is -1.51. The highest BCUT2D eigenvalue weighted by molar-refractivity contribution is 5.75. The predicted octanol–water partition coefficient (Wildman–Crippen LogP) is 2.24. The molecule has 90 valence electrons. The van der Waals surface area contributed by atoms with Crippen molar-refractivity contribution in [2.45, 2.75) is 37.6 Å². The Morgan fingerprint density at radius 3 is 2.82 bits per heavy atom. The highest BCUT2D eigenvalue weighted by Crippen LogP contribution is 2.49. The van der Waals surface area contributed by atoms with E-state index in [1.165, 1.54) is 24.1 Å². The van der Waals surface area contributed by atoms with Crippen LogP contribution in [0.3, 0.4) is 0 Å². The Bertz CT molecular complexity index is 440. The fourth-order valence-electron chi connectivity index (χ4n) is 2.99. The summed E-state index contributed by atoms with van der Waals surface area (Å²) in [6.07, 6.45) is 4.16. The van der Waals surface area contributed by atoms with E-state index >= 15 is 0 Å². The van der Waals surface area contributed by atoms with E-state index in [0.29, 0.717) is 12.3 Å². The van der Waals surface area contributed by atoms with E-state index in [1.54, 1.807) is 0 Å². The van der Waals surface area contributed by atoms with Crippen molar-refractivity contribution in [3.05, 3.63) is 29.8 Å². The highest BCUT2D eigenvalue weighted by Gasteiger charge is 2.37. The molecule has 17 heavy (non-hydrogen) atoms. The molecule has 1 heterocycles. The van der Waals surface area contributed by atoms with Crippen LogP contribution in [0.5, 0.6) is 0 Å². The molecule has 0 spiro atoms. The first-order valence-electron chi connectivity index (χ1n) is 6.38. The van der Waals surface area contributed by atoms with Crippen molar-refractivity contribution in [3.63, 3.8) is 0 Å². The number of fused-ring (bicyclic) bond motifs is 1. The molecule has 1 aliphatic heterocycles. The Kier molecular flexibility index (Phi) is 2.54. The van der Waals surface area contributed by atoms with Crippen molar-refractivity contribution in [2.75, 3.05) is 5.32 Å². The van der Waals surface area contributed by atoms with Gasteiger partial charge in [0.25, 0.3) is 0 Å². The lowest BCUT2D eigenvalue weighted by Crippen LogP contribution is -2.33. The van der Waals surface area contributed by atoms with Gasteiger partial charge in [-0.3, -0.25) is 4.79 Å². The molecule has 0 saturated heterocycles. The zero-order valence-corrected chi connectivity index (χ0v) is 9.86. The number of hydrogen-bond acceptors (Lipinski definition) is 2. The largest absolute Gasteiger partial charge is 0.382 e. The van der Waals surface area contributed by atoms with E-state index < -0.39 is 0 Å².